The highest BCUT2D eigenvalue weighted by molar-refractivity contribution is 8.22. The third-order valence-electron chi connectivity index (χ3n) is 5.50. The number of hydrogen-bond donors (Lipinski definition) is 1. The summed E-state index contributed by atoms with van der Waals surface area (Å²) >= 11 is 0. The first kappa shape index (κ1) is 20.4. The normalized spacial score (nSPS) is 17.5. The van der Waals surface area contributed by atoms with E-state index in [2.05, 4.69) is 28.1 Å². The Morgan fingerprint density at radius 2 is 1.57 bits per heavy atom. The van der Waals surface area contributed by atoms with Crippen LogP contribution in [0.3, 0.4) is 0 Å². The molecule has 154 valence electrons. The van der Waals surface area contributed by atoms with Gasteiger partial charge in [-0.3, -0.25) is 4.79 Å². The predicted molar refractivity (Wildman–Crippen MR) is 122 cm³/mol. The van der Waals surface area contributed by atoms with Gasteiger partial charge in [0.1, 0.15) is 5.71 Å². The second-order valence-electron chi connectivity index (χ2n) is 7.60. The van der Waals surface area contributed by atoms with Crippen molar-refractivity contribution in [2.45, 2.75) is 37.0 Å². The van der Waals surface area contributed by atoms with Gasteiger partial charge < -0.3 is 4.84 Å². The molecule has 1 fully saturated rings. The first-order valence-corrected chi connectivity index (χ1v) is 11.8. The van der Waals surface area contributed by atoms with Gasteiger partial charge in [-0.25, -0.2) is 4.79 Å². The number of rotatable bonds is 7. The Kier molecular flexibility index (Phi) is 6.60. The fourth-order valence-electron chi connectivity index (χ4n) is 3.84. The molecule has 2 aromatic rings. The maximum Gasteiger partial charge on any atom is 0.365 e. The summed E-state index contributed by atoms with van der Waals surface area (Å²) in [5.41, 5.74) is 1.32. The lowest BCUT2D eigenvalue weighted by atomic mass is 9.96. The topological polar surface area (TPSA) is 55.7 Å². The van der Waals surface area contributed by atoms with Crippen LogP contribution in [0.5, 0.6) is 0 Å². The molecule has 5 heteroatoms. The lowest BCUT2D eigenvalue weighted by Gasteiger charge is -2.13. The zero-order valence-electron chi connectivity index (χ0n) is 16.7. The second kappa shape index (κ2) is 9.72. The van der Waals surface area contributed by atoms with Gasteiger partial charge in [-0.05, 0) is 64.4 Å². The van der Waals surface area contributed by atoms with Gasteiger partial charge in [-0.15, -0.1) is 0 Å². The molecule has 4 nitrogen and oxygen atoms in total. The Balaban J connectivity index is 1.52. The Morgan fingerprint density at radius 3 is 2.23 bits per heavy atom. The molecule has 0 aromatic heterocycles. The quantitative estimate of drug-likeness (QED) is 0.195. The fraction of sp³-hybridized carbons (Fsp3) is 0.240. The molecule has 1 aliphatic carbocycles. The summed E-state index contributed by atoms with van der Waals surface area (Å²) in [5, 5.41) is 8.40. The number of benzene rings is 2. The molecular formula is C25H25NO3S. The molecule has 30 heavy (non-hydrogen) atoms. The van der Waals surface area contributed by atoms with E-state index >= 15 is 0 Å². The molecule has 0 amide bonds. The van der Waals surface area contributed by atoms with Crippen LogP contribution in [0, 0.1) is 5.92 Å². The first-order valence-electron chi connectivity index (χ1n) is 10.3. The van der Waals surface area contributed by atoms with Crippen molar-refractivity contribution in [3.8, 4) is 0 Å². The van der Waals surface area contributed by atoms with Gasteiger partial charge in [0.2, 0.25) is 5.78 Å². The maximum atomic E-state index is 13.2. The highest BCUT2D eigenvalue weighted by Gasteiger charge is 2.23. The molecular weight excluding hydrogens is 394 g/mol. The van der Waals surface area contributed by atoms with E-state index < -0.39 is 16.9 Å². The van der Waals surface area contributed by atoms with Crippen LogP contribution in [0.25, 0.3) is 0 Å². The number of carbonyl (C=O) groups excluding carboxylic acids is 2. The zero-order chi connectivity index (χ0) is 20.8. The molecule has 1 saturated carbocycles. The third-order valence-corrected chi connectivity index (χ3v) is 7.38. The van der Waals surface area contributed by atoms with Crippen LogP contribution in [0.15, 0.2) is 87.6 Å². The summed E-state index contributed by atoms with van der Waals surface area (Å²) in [7, 11) is -0.411. The molecule has 0 N–H and O–H groups in total. The number of carbonyl (C=O) groups is 2. The van der Waals surface area contributed by atoms with E-state index in [4.69, 9.17) is 4.84 Å². The Morgan fingerprint density at radius 1 is 0.900 bits per heavy atom. The number of thiol groups is 1. The van der Waals surface area contributed by atoms with Crippen molar-refractivity contribution in [1.82, 2.24) is 0 Å². The van der Waals surface area contributed by atoms with Crippen molar-refractivity contribution in [2.75, 3.05) is 0 Å². The summed E-state index contributed by atoms with van der Waals surface area (Å²) in [4.78, 5) is 31.8. The molecule has 0 atom stereocenters. The Hall–Kier alpha value is -2.92. The first-order chi connectivity index (χ1) is 14.7. The van der Waals surface area contributed by atoms with Crippen LogP contribution in [0.4, 0.5) is 0 Å². The second-order valence-corrected chi connectivity index (χ2v) is 9.53. The lowest BCUT2D eigenvalue weighted by molar-refractivity contribution is 0.0514. The predicted octanol–water partition coefficient (Wildman–Crippen LogP) is 6.06. The summed E-state index contributed by atoms with van der Waals surface area (Å²) in [6, 6.07) is 16.4. The van der Waals surface area contributed by atoms with Crippen LogP contribution >= 0.6 is 10.9 Å². The number of hydrogen-bond acceptors (Lipinski definition) is 4. The minimum absolute atomic E-state index is 0.167. The standard InChI is InChI=1S/C25H25NO3S/c27-24(20-12-14-22(15-13-20)30-16-6-7-17-30)23(18-19-8-4-5-9-19)26-29-25(28)21-10-2-1-3-11-21/h1-3,6-7,10-17,19,30H,4-5,8-9,18H2. The average molecular weight is 420 g/mol. The molecule has 2 aromatic carbocycles. The van der Waals surface area contributed by atoms with Gasteiger partial charge >= 0.3 is 5.97 Å². The number of ketones is 1. The lowest BCUT2D eigenvalue weighted by Crippen LogP contribution is -2.19. The van der Waals surface area contributed by atoms with Gasteiger partial charge in [0.15, 0.2) is 0 Å². The molecule has 1 aliphatic heterocycles. The monoisotopic (exact) mass is 419 g/mol. The maximum absolute atomic E-state index is 13.2. The molecule has 4 rings (SSSR count). The van der Waals surface area contributed by atoms with E-state index in [1.54, 1.807) is 24.3 Å². The summed E-state index contributed by atoms with van der Waals surface area (Å²) < 4.78 is 0. The summed E-state index contributed by atoms with van der Waals surface area (Å²) in [6.45, 7) is 0. The van der Waals surface area contributed by atoms with Gasteiger partial charge in [0.05, 0.1) is 5.56 Å². The molecule has 1 heterocycles. The van der Waals surface area contributed by atoms with Crippen molar-refractivity contribution < 1.29 is 14.4 Å². The largest absolute Gasteiger partial charge is 0.365 e. The molecule has 2 aliphatic rings. The molecule has 0 radical (unpaired) electrons. The highest BCUT2D eigenvalue weighted by atomic mass is 32.2. The number of Topliss-reactive ketones (excluding diaryl/α,β-unsaturated/α-hetero) is 1. The number of allylic oxidation sites excluding steroid dienone is 2. The fourth-order valence-corrected chi connectivity index (χ4v) is 5.35. The van der Waals surface area contributed by atoms with E-state index in [-0.39, 0.29) is 5.78 Å². The minimum Gasteiger partial charge on any atom is -0.312 e. The van der Waals surface area contributed by atoms with Crippen molar-refractivity contribution >= 4 is 28.4 Å². The molecule has 0 unspecified atom stereocenters. The smallest absolute Gasteiger partial charge is 0.312 e. The number of nitrogens with zero attached hydrogens (tertiary/aromatic N) is 1. The van der Waals surface area contributed by atoms with Crippen LogP contribution in [-0.4, -0.2) is 17.5 Å². The van der Waals surface area contributed by atoms with E-state index in [0.29, 0.717) is 29.2 Å². The highest BCUT2D eigenvalue weighted by Crippen LogP contribution is 2.41. The van der Waals surface area contributed by atoms with E-state index in [0.717, 1.165) is 12.8 Å². The van der Waals surface area contributed by atoms with Crippen molar-refractivity contribution in [3.63, 3.8) is 0 Å². The Bertz CT molecular complexity index is 975. The molecule has 0 saturated heterocycles. The van der Waals surface area contributed by atoms with E-state index in [9.17, 15) is 9.59 Å². The van der Waals surface area contributed by atoms with Crippen LogP contribution < -0.4 is 0 Å². The number of oxime groups is 1. The average Bonchev–Trinajstić information content (AvgIpc) is 3.51. The molecule has 0 bridgehead atoms. The van der Waals surface area contributed by atoms with E-state index in [1.165, 1.54) is 17.7 Å². The van der Waals surface area contributed by atoms with Crippen LogP contribution in [-0.2, 0) is 4.84 Å². The molecule has 0 spiro atoms. The summed E-state index contributed by atoms with van der Waals surface area (Å²) in [5.74, 6) is -0.301. The minimum atomic E-state index is -0.551. The van der Waals surface area contributed by atoms with Crippen molar-refractivity contribution in [2.24, 2.45) is 11.1 Å². The Labute approximate surface area is 179 Å². The van der Waals surface area contributed by atoms with E-state index in [1.807, 2.05) is 30.3 Å². The van der Waals surface area contributed by atoms with Gasteiger partial charge in [0, 0.05) is 5.56 Å². The van der Waals surface area contributed by atoms with Crippen molar-refractivity contribution in [1.29, 1.82) is 0 Å². The van der Waals surface area contributed by atoms with Crippen LogP contribution in [0.1, 0.15) is 52.8 Å². The SMILES string of the molecule is O=C(ON=C(CC1CCCC1)C(=O)c1ccc([SH]2C=CC=C2)cc1)c1ccccc1. The van der Waals surface area contributed by atoms with Crippen molar-refractivity contribution in [3.05, 3.63) is 88.7 Å². The van der Waals surface area contributed by atoms with Crippen LogP contribution in [0.2, 0.25) is 0 Å². The third kappa shape index (κ3) is 4.97. The van der Waals surface area contributed by atoms with Gasteiger partial charge in [0.25, 0.3) is 0 Å². The summed E-state index contributed by atoms with van der Waals surface area (Å²) in [6.07, 6.45) is 9.17. The van der Waals surface area contributed by atoms with Gasteiger partial charge in [-0.1, -0.05) is 61.2 Å². The zero-order valence-corrected chi connectivity index (χ0v) is 17.6. The van der Waals surface area contributed by atoms with Gasteiger partial charge in [-0.2, -0.15) is 10.9 Å².